The molecule has 0 unspecified atom stereocenters. The molecule has 1 aromatic carbocycles. The zero-order chi connectivity index (χ0) is 17.1. The first-order valence-corrected chi connectivity index (χ1v) is 9.48. The van der Waals surface area contributed by atoms with Gasteiger partial charge in [-0.2, -0.15) is 0 Å². The number of aryl methyl sites for hydroxylation is 1. The smallest absolute Gasteiger partial charge is 0.264 e. The fourth-order valence-corrected chi connectivity index (χ4v) is 4.47. The van der Waals surface area contributed by atoms with Gasteiger partial charge in [0.25, 0.3) is 10.0 Å². The van der Waals surface area contributed by atoms with Crippen molar-refractivity contribution in [3.63, 3.8) is 0 Å². The number of rotatable bonds is 6. The van der Waals surface area contributed by atoms with Crippen LogP contribution in [0.5, 0.6) is 0 Å². The lowest BCUT2D eigenvalue weighted by atomic mass is 9.77. The fourth-order valence-electron chi connectivity index (χ4n) is 3.48. The highest BCUT2D eigenvalue weighted by molar-refractivity contribution is 7.90. The Labute approximate surface area is 139 Å². The maximum atomic E-state index is 12.3. The summed E-state index contributed by atoms with van der Waals surface area (Å²) in [5, 5.41) is 0. The second-order valence-corrected chi connectivity index (χ2v) is 8.54. The van der Waals surface area contributed by atoms with Gasteiger partial charge in [-0.1, -0.05) is 36.1 Å². The molecule has 1 amide bonds. The molecule has 1 saturated carbocycles. The van der Waals surface area contributed by atoms with Crippen molar-refractivity contribution in [3.8, 4) is 0 Å². The molecule has 1 N–H and O–H groups in total. The Morgan fingerprint density at radius 2 is 1.74 bits per heavy atom. The highest BCUT2D eigenvalue weighted by Gasteiger charge is 2.36. The second kappa shape index (κ2) is 6.87. The summed E-state index contributed by atoms with van der Waals surface area (Å²) in [7, 11) is -3.80. The van der Waals surface area contributed by atoms with Gasteiger partial charge in [-0.05, 0) is 50.7 Å². The van der Waals surface area contributed by atoms with Gasteiger partial charge in [-0.25, -0.2) is 13.1 Å². The van der Waals surface area contributed by atoms with E-state index >= 15 is 0 Å². The lowest BCUT2D eigenvalue weighted by Crippen LogP contribution is -2.34. The van der Waals surface area contributed by atoms with Crippen LogP contribution in [0.2, 0.25) is 0 Å². The van der Waals surface area contributed by atoms with Crippen molar-refractivity contribution >= 4 is 15.9 Å². The van der Waals surface area contributed by atoms with Crippen LogP contribution in [0.4, 0.5) is 0 Å². The molecule has 1 aromatic rings. The van der Waals surface area contributed by atoms with Crippen LogP contribution in [0.3, 0.4) is 0 Å². The molecule has 2 rings (SSSR count). The molecule has 0 saturated heterocycles. The number of benzene rings is 1. The van der Waals surface area contributed by atoms with Crippen molar-refractivity contribution in [3.05, 3.63) is 42.0 Å². The van der Waals surface area contributed by atoms with Gasteiger partial charge in [0.05, 0.1) is 4.90 Å². The first kappa shape index (κ1) is 17.7. The Kier molecular flexibility index (Phi) is 5.30. The Bertz CT molecular complexity index is 683. The summed E-state index contributed by atoms with van der Waals surface area (Å²) in [5.41, 5.74) is 1.89. The van der Waals surface area contributed by atoms with Gasteiger partial charge in [0.2, 0.25) is 5.91 Å². The van der Waals surface area contributed by atoms with Crippen molar-refractivity contribution < 1.29 is 13.2 Å². The number of sulfonamides is 1. The normalized spacial score (nSPS) is 17.0. The zero-order valence-corrected chi connectivity index (χ0v) is 14.7. The second-order valence-electron chi connectivity index (χ2n) is 6.86. The van der Waals surface area contributed by atoms with E-state index in [0.29, 0.717) is 0 Å². The Hall–Kier alpha value is -1.62. The van der Waals surface area contributed by atoms with E-state index in [9.17, 15) is 13.2 Å². The molecular formula is C18H25NO3S. The van der Waals surface area contributed by atoms with E-state index in [1.807, 2.05) is 13.8 Å². The maximum absolute atomic E-state index is 12.3. The Morgan fingerprint density at radius 3 is 2.26 bits per heavy atom. The molecule has 0 bridgehead atoms. The van der Waals surface area contributed by atoms with Crippen LogP contribution in [0.15, 0.2) is 41.3 Å². The average molecular weight is 335 g/mol. The van der Waals surface area contributed by atoms with Gasteiger partial charge >= 0.3 is 0 Å². The van der Waals surface area contributed by atoms with Crippen LogP contribution in [0.25, 0.3) is 0 Å². The molecule has 0 radical (unpaired) electrons. The lowest BCUT2D eigenvalue weighted by molar-refractivity contribution is -0.121. The zero-order valence-electron chi connectivity index (χ0n) is 13.9. The Morgan fingerprint density at radius 1 is 1.17 bits per heavy atom. The summed E-state index contributed by atoms with van der Waals surface area (Å²) in [4.78, 5) is 12.4. The maximum Gasteiger partial charge on any atom is 0.264 e. The first-order chi connectivity index (χ1) is 10.7. The van der Waals surface area contributed by atoms with Gasteiger partial charge in [-0.15, -0.1) is 6.58 Å². The number of hydrogen-bond acceptors (Lipinski definition) is 3. The summed E-state index contributed by atoms with van der Waals surface area (Å²) >= 11 is 0. The van der Waals surface area contributed by atoms with Crippen molar-refractivity contribution in [1.82, 2.24) is 4.72 Å². The standard InChI is InChI=1S/C18H25NO3S/c1-14(2)12-18(10-4-5-11-18)13-17(20)19-23(21,22)16-8-6-15(3)7-9-16/h6-9H,1,4-5,10-13H2,2-3H3,(H,19,20). The predicted octanol–water partition coefficient (Wildman–Crippen LogP) is 3.72. The molecule has 23 heavy (non-hydrogen) atoms. The van der Waals surface area contributed by atoms with E-state index in [-0.39, 0.29) is 16.7 Å². The molecule has 1 aliphatic carbocycles. The van der Waals surface area contributed by atoms with Gasteiger partial charge < -0.3 is 0 Å². The minimum absolute atomic E-state index is 0.122. The van der Waals surface area contributed by atoms with E-state index in [0.717, 1.165) is 43.2 Å². The third kappa shape index (κ3) is 4.67. The SMILES string of the molecule is C=C(C)CC1(CC(=O)NS(=O)(=O)c2ccc(C)cc2)CCCC1. The molecule has 0 heterocycles. The number of carbonyl (C=O) groups is 1. The molecule has 1 aliphatic rings. The molecule has 0 spiro atoms. The minimum Gasteiger partial charge on any atom is -0.274 e. The fraction of sp³-hybridized carbons (Fsp3) is 0.500. The van der Waals surface area contributed by atoms with Gasteiger partial charge in [0, 0.05) is 6.42 Å². The predicted molar refractivity (Wildman–Crippen MR) is 91.5 cm³/mol. The molecule has 0 aromatic heterocycles. The largest absolute Gasteiger partial charge is 0.274 e. The minimum atomic E-state index is -3.80. The third-order valence-corrected chi connectivity index (χ3v) is 5.85. The van der Waals surface area contributed by atoms with Crippen LogP contribution < -0.4 is 4.72 Å². The molecule has 0 aliphatic heterocycles. The van der Waals surface area contributed by atoms with E-state index in [1.165, 1.54) is 12.1 Å². The highest BCUT2D eigenvalue weighted by Crippen LogP contribution is 2.45. The van der Waals surface area contributed by atoms with Crippen LogP contribution in [-0.2, 0) is 14.8 Å². The average Bonchev–Trinajstić information content (AvgIpc) is 2.85. The highest BCUT2D eigenvalue weighted by atomic mass is 32.2. The van der Waals surface area contributed by atoms with Crippen molar-refractivity contribution in [1.29, 1.82) is 0 Å². The van der Waals surface area contributed by atoms with E-state index in [4.69, 9.17) is 0 Å². The number of amides is 1. The Balaban J connectivity index is 2.08. The quantitative estimate of drug-likeness (QED) is 0.806. The number of carbonyl (C=O) groups excluding carboxylic acids is 1. The number of allylic oxidation sites excluding steroid dienone is 1. The molecule has 1 fully saturated rings. The van der Waals surface area contributed by atoms with E-state index < -0.39 is 15.9 Å². The van der Waals surface area contributed by atoms with Crippen molar-refractivity contribution in [2.24, 2.45) is 5.41 Å². The molecule has 126 valence electrons. The van der Waals surface area contributed by atoms with Crippen LogP contribution in [0.1, 0.15) is 51.0 Å². The van der Waals surface area contributed by atoms with Crippen molar-refractivity contribution in [2.75, 3.05) is 0 Å². The summed E-state index contributed by atoms with van der Waals surface area (Å²) in [6.45, 7) is 7.80. The van der Waals surface area contributed by atoms with Crippen LogP contribution in [0, 0.1) is 12.3 Å². The van der Waals surface area contributed by atoms with Crippen LogP contribution >= 0.6 is 0 Å². The molecule has 0 atom stereocenters. The summed E-state index contributed by atoms with van der Waals surface area (Å²) in [6.07, 6.45) is 5.11. The van der Waals surface area contributed by atoms with Crippen LogP contribution in [-0.4, -0.2) is 14.3 Å². The molecule has 4 nitrogen and oxygen atoms in total. The monoisotopic (exact) mass is 335 g/mol. The van der Waals surface area contributed by atoms with Gasteiger partial charge in [0.15, 0.2) is 0 Å². The molecular weight excluding hydrogens is 310 g/mol. The summed E-state index contributed by atoms with van der Waals surface area (Å²) in [6, 6.07) is 6.48. The molecule has 5 heteroatoms. The van der Waals surface area contributed by atoms with Gasteiger partial charge in [0.1, 0.15) is 0 Å². The first-order valence-electron chi connectivity index (χ1n) is 7.99. The third-order valence-electron chi connectivity index (χ3n) is 4.46. The summed E-state index contributed by atoms with van der Waals surface area (Å²) in [5.74, 6) is -0.422. The lowest BCUT2D eigenvalue weighted by Gasteiger charge is -2.28. The number of hydrogen-bond donors (Lipinski definition) is 1. The number of nitrogens with one attached hydrogen (secondary N) is 1. The van der Waals surface area contributed by atoms with E-state index in [2.05, 4.69) is 11.3 Å². The summed E-state index contributed by atoms with van der Waals surface area (Å²) < 4.78 is 26.8. The topological polar surface area (TPSA) is 63.2 Å². The van der Waals surface area contributed by atoms with Gasteiger partial charge in [-0.3, -0.25) is 4.79 Å². The van der Waals surface area contributed by atoms with E-state index in [1.54, 1.807) is 12.1 Å². The van der Waals surface area contributed by atoms with Crippen molar-refractivity contribution in [2.45, 2.75) is 57.3 Å².